The van der Waals surface area contributed by atoms with Gasteiger partial charge in [0.2, 0.25) is 0 Å². The maximum Gasteiger partial charge on any atom is 0.341 e. The zero-order valence-electron chi connectivity index (χ0n) is 21.3. The van der Waals surface area contributed by atoms with Crippen LogP contribution in [0.5, 0.6) is 0 Å². The summed E-state index contributed by atoms with van der Waals surface area (Å²) in [6.07, 6.45) is 2.48. The molecule has 0 radical (unpaired) electrons. The number of nitrogens with one attached hydrogen (secondary N) is 1. The summed E-state index contributed by atoms with van der Waals surface area (Å²) in [7, 11) is 0. The maximum absolute atomic E-state index is 13.0. The summed E-state index contributed by atoms with van der Waals surface area (Å²) in [5, 5.41) is 3.08. The number of ether oxygens (including phenoxy) is 2. The molecule has 2 heterocycles. The molecule has 196 valence electrons. The second kappa shape index (κ2) is 10.8. The molecule has 1 aliphatic heterocycles. The van der Waals surface area contributed by atoms with Crippen LogP contribution in [-0.2, 0) is 31.9 Å². The van der Waals surface area contributed by atoms with Gasteiger partial charge in [0.1, 0.15) is 11.0 Å². The number of fused-ring (bicyclic) bond motifs is 2. The summed E-state index contributed by atoms with van der Waals surface area (Å²) in [5.74, 6) is -3.09. The van der Waals surface area contributed by atoms with Gasteiger partial charge < -0.3 is 14.8 Å². The first-order valence-electron chi connectivity index (χ1n) is 12.4. The largest absolute Gasteiger partial charge is 0.462 e. The fourth-order valence-electron chi connectivity index (χ4n) is 4.78. The van der Waals surface area contributed by atoms with Gasteiger partial charge >= 0.3 is 11.9 Å². The Morgan fingerprint density at radius 3 is 2.35 bits per heavy atom. The smallest absolute Gasteiger partial charge is 0.341 e. The first-order valence-corrected chi connectivity index (χ1v) is 13.2. The number of imide groups is 1. The number of amides is 3. The Bertz CT molecular complexity index is 1230. The maximum atomic E-state index is 13.0. The molecule has 3 amide bonds. The number of hydrogen-bond donors (Lipinski definition) is 1. The second-order valence-corrected chi connectivity index (χ2v) is 10.8. The van der Waals surface area contributed by atoms with E-state index in [-0.39, 0.29) is 17.7 Å². The van der Waals surface area contributed by atoms with Crippen molar-refractivity contribution in [3.05, 3.63) is 51.4 Å². The first kappa shape index (κ1) is 26.5. The Balaban J connectivity index is 1.47. The van der Waals surface area contributed by atoms with Crippen molar-refractivity contribution in [2.45, 2.75) is 53.0 Å². The molecule has 1 aliphatic carbocycles. The van der Waals surface area contributed by atoms with Gasteiger partial charge in [-0.2, -0.15) is 0 Å². The van der Waals surface area contributed by atoms with Gasteiger partial charge in [0.15, 0.2) is 6.61 Å². The summed E-state index contributed by atoms with van der Waals surface area (Å²) < 4.78 is 10.5. The highest BCUT2D eigenvalue weighted by molar-refractivity contribution is 7.17. The lowest BCUT2D eigenvalue weighted by Gasteiger charge is -2.27. The first-order chi connectivity index (χ1) is 17.6. The van der Waals surface area contributed by atoms with Gasteiger partial charge in [-0.1, -0.05) is 32.9 Å². The standard InChI is InChI=1S/C27H30N2O7S/c1-5-35-26(33)21-18-11-10-15(4)12-19(18)37-23(21)28-20(30)13-36-27(34)22(14(2)3)29-24(31)16-8-6-7-9-17(16)25(29)32/h6-9,14-15,22H,5,10-13H2,1-4H3,(H,28,30). The van der Waals surface area contributed by atoms with Crippen LogP contribution in [0.2, 0.25) is 0 Å². The van der Waals surface area contributed by atoms with Gasteiger partial charge in [-0.15, -0.1) is 11.3 Å². The van der Waals surface area contributed by atoms with E-state index in [4.69, 9.17) is 9.47 Å². The quantitative estimate of drug-likeness (QED) is 0.410. The molecule has 2 unspecified atom stereocenters. The summed E-state index contributed by atoms with van der Waals surface area (Å²) in [5.41, 5.74) is 1.72. The molecule has 9 nitrogen and oxygen atoms in total. The van der Waals surface area contributed by atoms with E-state index in [9.17, 15) is 24.0 Å². The number of carbonyl (C=O) groups is 5. The number of carbonyl (C=O) groups excluding carboxylic acids is 5. The average Bonchev–Trinajstić information content (AvgIpc) is 3.32. The predicted molar refractivity (Wildman–Crippen MR) is 137 cm³/mol. The molecule has 0 spiro atoms. The molecule has 1 aromatic heterocycles. The molecule has 0 saturated carbocycles. The van der Waals surface area contributed by atoms with E-state index in [0.717, 1.165) is 34.6 Å². The number of rotatable bonds is 8. The molecule has 0 saturated heterocycles. The Morgan fingerprint density at radius 1 is 1.11 bits per heavy atom. The Kier molecular flexibility index (Phi) is 7.77. The highest BCUT2D eigenvalue weighted by atomic mass is 32.1. The van der Waals surface area contributed by atoms with Crippen molar-refractivity contribution in [2.75, 3.05) is 18.5 Å². The topological polar surface area (TPSA) is 119 Å². The molecule has 2 atom stereocenters. The lowest BCUT2D eigenvalue weighted by Crippen LogP contribution is -2.49. The minimum atomic E-state index is -1.19. The molecule has 4 rings (SSSR count). The second-order valence-electron chi connectivity index (χ2n) is 9.65. The van der Waals surface area contributed by atoms with E-state index in [2.05, 4.69) is 12.2 Å². The molecule has 1 aromatic carbocycles. The molecule has 2 aliphatic rings. The minimum Gasteiger partial charge on any atom is -0.462 e. The van der Waals surface area contributed by atoms with Crippen LogP contribution in [-0.4, -0.2) is 53.8 Å². The molecule has 37 heavy (non-hydrogen) atoms. The molecule has 10 heteroatoms. The van der Waals surface area contributed by atoms with Crippen molar-refractivity contribution in [3.63, 3.8) is 0 Å². The number of benzene rings is 1. The number of esters is 2. The van der Waals surface area contributed by atoms with Crippen LogP contribution < -0.4 is 5.32 Å². The number of anilines is 1. The third kappa shape index (κ3) is 5.16. The van der Waals surface area contributed by atoms with Crippen molar-refractivity contribution in [1.82, 2.24) is 4.90 Å². The number of hydrogen-bond acceptors (Lipinski definition) is 8. The lowest BCUT2D eigenvalue weighted by atomic mass is 9.88. The van der Waals surface area contributed by atoms with E-state index in [1.54, 1.807) is 32.9 Å². The minimum absolute atomic E-state index is 0.208. The van der Waals surface area contributed by atoms with Crippen molar-refractivity contribution in [2.24, 2.45) is 11.8 Å². The zero-order chi connectivity index (χ0) is 26.9. The van der Waals surface area contributed by atoms with Gasteiger partial charge in [-0.05, 0) is 55.7 Å². The molecule has 1 N–H and O–H groups in total. The van der Waals surface area contributed by atoms with Gasteiger partial charge in [0.05, 0.1) is 23.3 Å². The van der Waals surface area contributed by atoms with Crippen LogP contribution in [0.15, 0.2) is 24.3 Å². The van der Waals surface area contributed by atoms with Gasteiger partial charge in [-0.3, -0.25) is 19.3 Å². The molecule has 2 aromatic rings. The third-order valence-corrected chi connectivity index (χ3v) is 7.74. The van der Waals surface area contributed by atoms with E-state index in [1.165, 1.54) is 23.5 Å². The van der Waals surface area contributed by atoms with Crippen molar-refractivity contribution in [3.8, 4) is 0 Å². The fourth-order valence-corrected chi connectivity index (χ4v) is 6.19. The fraction of sp³-hybridized carbons (Fsp3) is 0.444. The zero-order valence-corrected chi connectivity index (χ0v) is 22.1. The summed E-state index contributed by atoms with van der Waals surface area (Å²) in [6, 6.07) is 5.18. The van der Waals surface area contributed by atoms with Gasteiger partial charge in [0.25, 0.3) is 17.7 Å². The average molecular weight is 527 g/mol. The van der Waals surface area contributed by atoms with Crippen molar-refractivity contribution >= 4 is 46.0 Å². The molecular formula is C27H30N2O7S. The predicted octanol–water partition coefficient (Wildman–Crippen LogP) is 3.85. The van der Waals surface area contributed by atoms with Crippen LogP contribution in [0.25, 0.3) is 0 Å². The van der Waals surface area contributed by atoms with Crippen molar-refractivity contribution in [1.29, 1.82) is 0 Å². The van der Waals surface area contributed by atoms with Crippen LogP contribution in [0, 0.1) is 11.8 Å². The number of nitrogens with zero attached hydrogens (tertiary/aromatic N) is 1. The van der Waals surface area contributed by atoms with E-state index < -0.39 is 48.2 Å². The summed E-state index contributed by atoms with van der Waals surface area (Å²) >= 11 is 1.34. The normalized spacial score (nSPS) is 17.3. The molecule has 0 bridgehead atoms. The summed E-state index contributed by atoms with van der Waals surface area (Å²) in [6.45, 7) is 6.82. The Labute approximate surface area is 219 Å². The van der Waals surface area contributed by atoms with Gasteiger partial charge in [-0.25, -0.2) is 9.59 Å². The third-order valence-electron chi connectivity index (χ3n) is 6.57. The lowest BCUT2D eigenvalue weighted by molar-refractivity contribution is -0.152. The van der Waals surface area contributed by atoms with E-state index >= 15 is 0 Å². The van der Waals surface area contributed by atoms with E-state index in [0.29, 0.717) is 16.5 Å². The number of thiophene rings is 1. The van der Waals surface area contributed by atoms with Crippen LogP contribution in [0.1, 0.15) is 75.6 Å². The Morgan fingerprint density at radius 2 is 1.76 bits per heavy atom. The van der Waals surface area contributed by atoms with E-state index in [1.807, 2.05) is 0 Å². The van der Waals surface area contributed by atoms with Gasteiger partial charge in [0, 0.05) is 4.88 Å². The van der Waals surface area contributed by atoms with Crippen LogP contribution >= 0.6 is 11.3 Å². The Hall–Kier alpha value is -3.53. The van der Waals surface area contributed by atoms with Crippen LogP contribution in [0.3, 0.4) is 0 Å². The SMILES string of the molecule is CCOC(=O)c1c(NC(=O)COC(=O)C(C(C)C)N2C(=O)c3ccccc3C2=O)sc2c1CCC(C)C2. The monoisotopic (exact) mass is 526 g/mol. The highest BCUT2D eigenvalue weighted by Gasteiger charge is 2.44. The van der Waals surface area contributed by atoms with Crippen molar-refractivity contribution < 1.29 is 33.4 Å². The summed E-state index contributed by atoms with van der Waals surface area (Å²) in [4.78, 5) is 66.2. The van der Waals surface area contributed by atoms with Crippen LogP contribution in [0.4, 0.5) is 5.00 Å². The highest BCUT2D eigenvalue weighted by Crippen LogP contribution is 2.40. The molecular weight excluding hydrogens is 496 g/mol. The molecule has 0 fully saturated rings.